The number of aromatic nitrogens is 2. The highest BCUT2D eigenvalue weighted by atomic mass is 15.0. The lowest BCUT2D eigenvalue weighted by Crippen LogP contribution is -2.03. The Morgan fingerprint density at radius 1 is 1.00 bits per heavy atom. The molecule has 0 aliphatic rings. The van der Waals surface area contributed by atoms with Gasteiger partial charge in [-0.3, -0.25) is 4.98 Å². The van der Waals surface area contributed by atoms with Crippen LogP contribution in [0.2, 0.25) is 0 Å². The van der Waals surface area contributed by atoms with Gasteiger partial charge in [-0.25, -0.2) is 0 Å². The Morgan fingerprint density at radius 3 is 2.65 bits per heavy atom. The van der Waals surface area contributed by atoms with Gasteiger partial charge >= 0.3 is 0 Å². The summed E-state index contributed by atoms with van der Waals surface area (Å²) in [5, 5.41) is 1.32. The Morgan fingerprint density at radius 2 is 1.85 bits per heavy atom. The van der Waals surface area contributed by atoms with E-state index in [9.17, 15) is 0 Å². The van der Waals surface area contributed by atoms with Crippen LogP contribution in [0.15, 0.2) is 54.9 Å². The summed E-state index contributed by atoms with van der Waals surface area (Å²) < 4.78 is 2.31. The van der Waals surface area contributed by atoms with E-state index in [0.29, 0.717) is 6.54 Å². The fourth-order valence-corrected chi connectivity index (χ4v) is 2.64. The smallest absolute Gasteiger partial charge is 0.0483 e. The van der Waals surface area contributed by atoms with Gasteiger partial charge in [0.2, 0.25) is 0 Å². The monoisotopic (exact) mass is 265 g/mol. The van der Waals surface area contributed by atoms with Crippen molar-refractivity contribution >= 4 is 10.9 Å². The first-order valence-electron chi connectivity index (χ1n) is 7.05. The Kier molecular flexibility index (Phi) is 3.79. The molecule has 3 rings (SSSR count). The van der Waals surface area contributed by atoms with Gasteiger partial charge in [-0.1, -0.05) is 24.3 Å². The van der Waals surface area contributed by atoms with E-state index in [-0.39, 0.29) is 0 Å². The Bertz CT molecular complexity index is 686. The minimum atomic E-state index is 0.689. The third-order valence-electron chi connectivity index (χ3n) is 3.62. The van der Waals surface area contributed by atoms with Crippen LogP contribution in [0, 0.1) is 0 Å². The van der Waals surface area contributed by atoms with E-state index in [1.165, 1.54) is 16.5 Å². The zero-order valence-electron chi connectivity index (χ0n) is 11.5. The highest BCUT2D eigenvalue weighted by molar-refractivity contribution is 5.84. The predicted molar refractivity (Wildman–Crippen MR) is 82.6 cm³/mol. The molecule has 0 saturated carbocycles. The van der Waals surface area contributed by atoms with Gasteiger partial charge < -0.3 is 10.3 Å². The second kappa shape index (κ2) is 5.88. The molecular formula is C17H19N3. The lowest BCUT2D eigenvalue weighted by molar-refractivity contribution is 0.707. The summed E-state index contributed by atoms with van der Waals surface area (Å²) in [7, 11) is 0. The third kappa shape index (κ3) is 2.58. The van der Waals surface area contributed by atoms with Crippen LogP contribution in [0.1, 0.15) is 11.3 Å². The van der Waals surface area contributed by atoms with Gasteiger partial charge in [0.1, 0.15) is 0 Å². The van der Waals surface area contributed by atoms with Crippen molar-refractivity contribution in [2.45, 2.75) is 19.4 Å². The molecule has 3 heteroatoms. The van der Waals surface area contributed by atoms with E-state index in [0.717, 1.165) is 25.1 Å². The fourth-order valence-electron chi connectivity index (χ4n) is 2.64. The lowest BCUT2D eigenvalue weighted by atomic mass is 10.1. The summed E-state index contributed by atoms with van der Waals surface area (Å²) in [6.45, 7) is 1.64. The molecule has 2 heterocycles. The molecule has 0 unspecified atom stereocenters. The molecule has 0 saturated heterocycles. The van der Waals surface area contributed by atoms with E-state index in [4.69, 9.17) is 5.73 Å². The number of hydrogen-bond donors (Lipinski definition) is 1. The number of benzene rings is 1. The van der Waals surface area contributed by atoms with Gasteiger partial charge in [0, 0.05) is 42.0 Å². The topological polar surface area (TPSA) is 43.8 Å². The molecule has 3 aromatic rings. The van der Waals surface area contributed by atoms with Crippen LogP contribution in [0.5, 0.6) is 0 Å². The summed E-state index contributed by atoms with van der Waals surface area (Å²) in [6, 6.07) is 14.6. The zero-order valence-corrected chi connectivity index (χ0v) is 11.5. The van der Waals surface area contributed by atoms with Crippen molar-refractivity contribution in [3.63, 3.8) is 0 Å². The van der Waals surface area contributed by atoms with Gasteiger partial charge in [-0.05, 0) is 36.7 Å². The van der Waals surface area contributed by atoms with Gasteiger partial charge in [-0.15, -0.1) is 0 Å². The van der Waals surface area contributed by atoms with Crippen LogP contribution in [0.3, 0.4) is 0 Å². The molecule has 0 radical (unpaired) electrons. The van der Waals surface area contributed by atoms with Crippen LogP contribution < -0.4 is 5.73 Å². The van der Waals surface area contributed by atoms with Crippen molar-refractivity contribution in [3.8, 4) is 0 Å². The Labute approximate surface area is 119 Å². The molecule has 1 aromatic carbocycles. The van der Waals surface area contributed by atoms with Crippen LogP contribution in [0.4, 0.5) is 0 Å². The summed E-state index contributed by atoms with van der Waals surface area (Å²) >= 11 is 0. The second-order valence-corrected chi connectivity index (χ2v) is 4.97. The number of pyridine rings is 1. The molecule has 0 bridgehead atoms. The summed E-state index contributed by atoms with van der Waals surface area (Å²) in [4.78, 5) is 4.38. The SMILES string of the molecule is NCCc1cn(CCc2ccccn2)c2ccccc12. The first-order valence-corrected chi connectivity index (χ1v) is 7.05. The second-order valence-electron chi connectivity index (χ2n) is 4.97. The van der Waals surface area contributed by atoms with E-state index >= 15 is 0 Å². The number of aryl methyl sites for hydroxylation is 2. The van der Waals surface area contributed by atoms with Crippen molar-refractivity contribution in [1.29, 1.82) is 0 Å². The summed E-state index contributed by atoms with van der Waals surface area (Å²) in [5.41, 5.74) is 9.46. The molecule has 0 atom stereocenters. The summed E-state index contributed by atoms with van der Waals surface area (Å²) in [6.07, 6.45) is 5.96. The molecule has 102 valence electrons. The number of fused-ring (bicyclic) bond motifs is 1. The van der Waals surface area contributed by atoms with Crippen LogP contribution in [-0.2, 0) is 19.4 Å². The minimum absolute atomic E-state index is 0.689. The lowest BCUT2D eigenvalue weighted by Gasteiger charge is -2.04. The highest BCUT2D eigenvalue weighted by Gasteiger charge is 2.07. The highest BCUT2D eigenvalue weighted by Crippen LogP contribution is 2.21. The molecule has 0 aliphatic heterocycles. The number of nitrogens with two attached hydrogens (primary N) is 1. The largest absolute Gasteiger partial charge is 0.347 e. The molecule has 3 nitrogen and oxygen atoms in total. The molecular weight excluding hydrogens is 246 g/mol. The van der Waals surface area contributed by atoms with Crippen LogP contribution in [-0.4, -0.2) is 16.1 Å². The maximum atomic E-state index is 5.71. The minimum Gasteiger partial charge on any atom is -0.347 e. The van der Waals surface area contributed by atoms with Gasteiger partial charge in [0.05, 0.1) is 0 Å². The van der Waals surface area contributed by atoms with Crippen LogP contribution >= 0.6 is 0 Å². The predicted octanol–water partition coefficient (Wildman–Crippen LogP) is 2.78. The van der Waals surface area contributed by atoms with Crippen molar-refractivity contribution in [3.05, 3.63) is 66.1 Å². The van der Waals surface area contributed by atoms with Gasteiger partial charge in [0.25, 0.3) is 0 Å². The number of nitrogens with zero attached hydrogens (tertiary/aromatic N) is 2. The first kappa shape index (κ1) is 12.9. The molecule has 0 fully saturated rings. The number of para-hydroxylation sites is 1. The molecule has 2 aromatic heterocycles. The van der Waals surface area contributed by atoms with E-state index < -0.39 is 0 Å². The molecule has 20 heavy (non-hydrogen) atoms. The number of hydrogen-bond acceptors (Lipinski definition) is 2. The third-order valence-corrected chi connectivity index (χ3v) is 3.62. The van der Waals surface area contributed by atoms with Gasteiger partial charge in [0.15, 0.2) is 0 Å². The molecule has 0 aliphatic carbocycles. The maximum Gasteiger partial charge on any atom is 0.0483 e. The standard InChI is InChI=1S/C17H19N3/c18-10-8-14-13-20(17-7-2-1-6-16(14)17)12-9-15-5-3-4-11-19-15/h1-7,11,13H,8-10,12,18H2. The van der Waals surface area contributed by atoms with E-state index in [1.807, 2.05) is 18.3 Å². The van der Waals surface area contributed by atoms with Gasteiger partial charge in [-0.2, -0.15) is 0 Å². The maximum absolute atomic E-state index is 5.71. The average Bonchev–Trinajstić information content (AvgIpc) is 2.85. The Balaban J connectivity index is 1.87. The average molecular weight is 265 g/mol. The normalized spacial score (nSPS) is 11.1. The van der Waals surface area contributed by atoms with Crippen LogP contribution in [0.25, 0.3) is 10.9 Å². The van der Waals surface area contributed by atoms with E-state index in [1.54, 1.807) is 0 Å². The zero-order chi connectivity index (χ0) is 13.8. The van der Waals surface area contributed by atoms with E-state index in [2.05, 4.69) is 46.1 Å². The Hall–Kier alpha value is -2.13. The molecule has 2 N–H and O–H groups in total. The van der Waals surface area contributed by atoms with Crippen molar-refractivity contribution in [2.24, 2.45) is 5.73 Å². The van der Waals surface area contributed by atoms with Crippen molar-refractivity contribution in [1.82, 2.24) is 9.55 Å². The molecule has 0 amide bonds. The number of rotatable bonds is 5. The van der Waals surface area contributed by atoms with Crippen molar-refractivity contribution < 1.29 is 0 Å². The fraction of sp³-hybridized carbons (Fsp3) is 0.235. The van der Waals surface area contributed by atoms with Crippen molar-refractivity contribution in [2.75, 3.05) is 6.54 Å². The first-order chi connectivity index (χ1) is 9.88. The summed E-state index contributed by atoms with van der Waals surface area (Å²) in [5.74, 6) is 0. The quantitative estimate of drug-likeness (QED) is 0.771. The molecule has 0 spiro atoms.